The summed E-state index contributed by atoms with van der Waals surface area (Å²) in [4.78, 5) is 16.7. The number of nitrogens with zero attached hydrogens (tertiary/aromatic N) is 2. The Hall–Kier alpha value is -0.810. The van der Waals surface area contributed by atoms with E-state index in [1.54, 1.807) is 0 Å². The maximum atomic E-state index is 12.3. The molecular weight excluding hydrogens is 278 g/mol. The Morgan fingerprint density at radius 3 is 2.64 bits per heavy atom. The minimum atomic E-state index is -0.322. The molecular formula is C17H33N3O2. The molecule has 0 aliphatic carbocycles. The van der Waals surface area contributed by atoms with Gasteiger partial charge in [0.15, 0.2) is 0 Å². The summed E-state index contributed by atoms with van der Waals surface area (Å²) in [6, 6.07) is 0.522. The van der Waals surface area contributed by atoms with Gasteiger partial charge in [-0.25, -0.2) is 4.79 Å². The van der Waals surface area contributed by atoms with Gasteiger partial charge in [0, 0.05) is 38.1 Å². The van der Waals surface area contributed by atoms with Gasteiger partial charge in [-0.2, -0.15) is 0 Å². The molecule has 2 aliphatic rings. The van der Waals surface area contributed by atoms with Crippen molar-refractivity contribution in [2.45, 2.75) is 58.6 Å². The van der Waals surface area contributed by atoms with Gasteiger partial charge >= 0.3 is 6.03 Å². The number of rotatable bonds is 5. The fraction of sp³-hybridized carbons (Fsp3) is 0.941. The summed E-state index contributed by atoms with van der Waals surface area (Å²) in [6.45, 7) is 10.8. The molecule has 0 aromatic rings. The van der Waals surface area contributed by atoms with E-state index in [0.717, 1.165) is 32.6 Å². The molecule has 0 radical (unpaired) electrons. The SMILES string of the molecule is CC(C)CN1CCCC[C@@H]1CNC(=O)N1CC[C@@H]([C@@H](C)O)C1. The highest BCUT2D eigenvalue weighted by Crippen LogP contribution is 2.20. The second-order valence-corrected chi connectivity index (χ2v) is 7.46. The minimum absolute atomic E-state index is 0.0400. The van der Waals surface area contributed by atoms with Crippen molar-refractivity contribution in [1.29, 1.82) is 0 Å². The predicted octanol–water partition coefficient (Wildman–Crippen LogP) is 1.91. The molecule has 5 heteroatoms. The van der Waals surface area contributed by atoms with E-state index in [0.29, 0.717) is 18.5 Å². The lowest BCUT2D eigenvalue weighted by Gasteiger charge is -2.37. The van der Waals surface area contributed by atoms with Crippen molar-refractivity contribution < 1.29 is 9.90 Å². The van der Waals surface area contributed by atoms with Crippen LogP contribution in [0, 0.1) is 11.8 Å². The molecule has 0 aromatic carbocycles. The van der Waals surface area contributed by atoms with E-state index in [-0.39, 0.29) is 18.1 Å². The summed E-state index contributed by atoms with van der Waals surface area (Å²) < 4.78 is 0. The lowest BCUT2D eigenvalue weighted by molar-refractivity contribution is 0.123. The molecule has 2 N–H and O–H groups in total. The van der Waals surface area contributed by atoms with Crippen LogP contribution in [0.5, 0.6) is 0 Å². The second-order valence-electron chi connectivity index (χ2n) is 7.46. The fourth-order valence-corrected chi connectivity index (χ4v) is 3.68. The Morgan fingerprint density at radius 1 is 1.23 bits per heavy atom. The lowest BCUT2D eigenvalue weighted by atomic mass is 10.0. The zero-order chi connectivity index (χ0) is 16.1. The molecule has 2 amide bonds. The van der Waals surface area contributed by atoms with Crippen molar-refractivity contribution in [3.8, 4) is 0 Å². The average Bonchev–Trinajstić information content (AvgIpc) is 2.95. The van der Waals surface area contributed by atoms with E-state index in [1.165, 1.54) is 19.3 Å². The summed E-state index contributed by atoms with van der Waals surface area (Å²) in [7, 11) is 0. The van der Waals surface area contributed by atoms with Gasteiger partial charge in [-0.1, -0.05) is 20.3 Å². The topological polar surface area (TPSA) is 55.8 Å². The van der Waals surface area contributed by atoms with Crippen molar-refractivity contribution in [2.24, 2.45) is 11.8 Å². The van der Waals surface area contributed by atoms with Crippen molar-refractivity contribution in [1.82, 2.24) is 15.1 Å². The number of aliphatic hydroxyl groups is 1. The molecule has 22 heavy (non-hydrogen) atoms. The molecule has 2 aliphatic heterocycles. The van der Waals surface area contributed by atoms with Gasteiger partial charge in [-0.15, -0.1) is 0 Å². The van der Waals surface area contributed by atoms with Crippen molar-refractivity contribution in [3.05, 3.63) is 0 Å². The molecule has 128 valence electrons. The maximum absolute atomic E-state index is 12.3. The standard InChI is InChI=1S/C17H33N3O2/c1-13(2)11-19-8-5-4-6-16(19)10-18-17(22)20-9-7-15(12-20)14(3)21/h13-16,21H,4-12H2,1-3H3,(H,18,22)/t14-,15-,16-/m1/s1. The quantitative estimate of drug-likeness (QED) is 0.815. The fourth-order valence-electron chi connectivity index (χ4n) is 3.68. The highest BCUT2D eigenvalue weighted by molar-refractivity contribution is 5.74. The number of nitrogens with one attached hydrogen (secondary N) is 1. The number of carbonyl (C=O) groups is 1. The summed E-state index contributed by atoms with van der Waals surface area (Å²) in [5, 5.41) is 12.8. The van der Waals surface area contributed by atoms with Gasteiger partial charge in [0.1, 0.15) is 0 Å². The van der Waals surface area contributed by atoms with E-state index >= 15 is 0 Å². The molecule has 3 atom stereocenters. The van der Waals surface area contributed by atoms with E-state index in [4.69, 9.17) is 0 Å². The summed E-state index contributed by atoms with van der Waals surface area (Å²) in [6.07, 6.45) is 4.32. The number of piperidine rings is 1. The Labute approximate surface area is 135 Å². The molecule has 0 spiro atoms. The number of hydrogen-bond acceptors (Lipinski definition) is 3. The second kappa shape index (κ2) is 8.16. The maximum Gasteiger partial charge on any atom is 0.317 e. The van der Waals surface area contributed by atoms with Crippen LogP contribution in [0.4, 0.5) is 4.79 Å². The van der Waals surface area contributed by atoms with Gasteiger partial charge in [-0.05, 0) is 38.6 Å². The number of likely N-dealkylation sites (tertiary alicyclic amines) is 2. The third-order valence-electron chi connectivity index (χ3n) is 5.03. The first-order chi connectivity index (χ1) is 10.5. The highest BCUT2D eigenvalue weighted by Gasteiger charge is 2.30. The molecule has 0 saturated carbocycles. The Bertz CT molecular complexity index is 360. The normalized spacial score (nSPS) is 28.1. The van der Waals surface area contributed by atoms with Crippen LogP contribution < -0.4 is 5.32 Å². The van der Waals surface area contributed by atoms with E-state index < -0.39 is 0 Å². The number of urea groups is 1. The zero-order valence-electron chi connectivity index (χ0n) is 14.4. The molecule has 0 aromatic heterocycles. The van der Waals surface area contributed by atoms with Gasteiger partial charge < -0.3 is 15.3 Å². The van der Waals surface area contributed by atoms with E-state index in [9.17, 15) is 9.90 Å². The van der Waals surface area contributed by atoms with E-state index in [2.05, 4.69) is 24.1 Å². The van der Waals surface area contributed by atoms with Gasteiger partial charge in [0.25, 0.3) is 0 Å². The molecule has 0 bridgehead atoms. The smallest absolute Gasteiger partial charge is 0.317 e. The van der Waals surface area contributed by atoms with Crippen molar-refractivity contribution in [2.75, 3.05) is 32.7 Å². The van der Waals surface area contributed by atoms with Crippen molar-refractivity contribution >= 4 is 6.03 Å². The summed E-state index contributed by atoms with van der Waals surface area (Å²) in [5.74, 6) is 0.902. The monoisotopic (exact) mass is 311 g/mol. The van der Waals surface area contributed by atoms with Crippen LogP contribution in [0.2, 0.25) is 0 Å². The van der Waals surface area contributed by atoms with Crippen LogP contribution in [-0.4, -0.2) is 65.8 Å². The number of carbonyl (C=O) groups excluding carboxylic acids is 1. The number of hydrogen-bond donors (Lipinski definition) is 2. The number of aliphatic hydroxyl groups excluding tert-OH is 1. The van der Waals surface area contributed by atoms with Crippen LogP contribution >= 0.6 is 0 Å². The third-order valence-corrected chi connectivity index (χ3v) is 5.03. The molecule has 2 rings (SSSR count). The Morgan fingerprint density at radius 2 is 2.00 bits per heavy atom. The molecule has 2 heterocycles. The first kappa shape index (κ1) is 17.5. The van der Waals surface area contributed by atoms with E-state index in [1.807, 2.05) is 11.8 Å². The van der Waals surface area contributed by atoms with Crippen molar-refractivity contribution in [3.63, 3.8) is 0 Å². The molecule has 2 saturated heterocycles. The number of amides is 2. The van der Waals surface area contributed by atoms with Crippen LogP contribution in [0.1, 0.15) is 46.5 Å². The van der Waals surface area contributed by atoms with Gasteiger partial charge in [-0.3, -0.25) is 4.90 Å². The van der Waals surface area contributed by atoms with Crippen LogP contribution in [0.3, 0.4) is 0 Å². The first-order valence-corrected chi connectivity index (χ1v) is 8.92. The highest BCUT2D eigenvalue weighted by atomic mass is 16.3. The summed E-state index contributed by atoms with van der Waals surface area (Å²) in [5.41, 5.74) is 0. The molecule has 5 nitrogen and oxygen atoms in total. The van der Waals surface area contributed by atoms with Gasteiger partial charge in [0.2, 0.25) is 0 Å². The first-order valence-electron chi connectivity index (χ1n) is 8.92. The summed E-state index contributed by atoms with van der Waals surface area (Å²) >= 11 is 0. The zero-order valence-corrected chi connectivity index (χ0v) is 14.4. The van der Waals surface area contributed by atoms with Gasteiger partial charge in [0.05, 0.1) is 6.10 Å². The predicted molar refractivity (Wildman–Crippen MR) is 88.8 cm³/mol. The van der Waals surface area contributed by atoms with Crippen LogP contribution in [0.25, 0.3) is 0 Å². The molecule has 2 fully saturated rings. The lowest BCUT2D eigenvalue weighted by Crippen LogP contribution is -2.50. The largest absolute Gasteiger partial charge is 0.393 e. The Kier molecular flexibility index (Phi) is 6.50. The minimum Gasteiger partial charge on any atom is -0.393 e. The van der Waals surface area contributed by atoms with Crippen LogP contribution in [0.15, 0.2) is 0 Å². The van der Waals surface area contributed by atoms with Crippen LogP contribution in [-0.2, 0) is 0 Å². The Balaban J connectivity index is 1.77. The third kappa shape index (κ3) is 4.85. The molecule has 0 unspecified atom stereocenters. The average molecular weight is 311 g/mol.